The van der Waals surface area contributed by atoms with Gasteiger partial charge in [0.25, 0.3) is 0 Å². The van der Waals surface area contributed by atoms with Gasteiger partial charge in [-0.25, -0.2) is 0 Å². The number of nitrogens with zero attached hydrogens (tertiary/aromatic N) is 1. The van der Waals surface area contributed by atoms with Crippen molar-refractivity contribution >= 4 is 5.91 Å². The van der Waals surface area contributed by atoms with Crippen molar-refractivity contribution in [3.63, 3.8) is 0 Å². The first-order valence-corrected chi connectivity index (χ1v) is 8.34. The lowest BCUT2D eigenvalue weighted by Crippen LogP contribution is -2.42. The summed E-state index contributed by atoms with van der Waals surface area (Å²) in [7, 11) is 0. The molecule has 0 bridgehead atoms. The number of ether oxygens (including phenoxy) is 1. The molecular weight excluding hydrogens is 252 g/mol. The zero-order valence-corrected chi connectivity index (χ0v) is 12.5. The van der Waals surface area contributed by atoms with Crippen molar-refractivity contribution in [2.24, 2.45) is 11.3 Å². The standard InChI is InChI=1S/C16H28N2O2/c19-15(18-9-11-20-12-10-18)13-14-1-3-16(4-2-14)5-7-17-8-6-16/h14,17H,1-13H2. The Bertz CT molecular complexity index is 323. The molecule has 0 aromatic heterocycles. The van der Waals surface area contributed by atoms with Crippen LogP contribution in [-0.2, 0) is 9.53 Å². The molecule has 3 rings (SSSR count). The third-order valence-electron chi connectivity index (χ3n) is 5.66. The van der Waals surface area contributed by atoms with E-state index in [1.165, 1.54) is 51.6 Å². The van der Waals surface area contributed by atoms with Gasteiger partial charge in [-0.2, -0.15) is 0 Å². The second-order valence-electron chi connectivity index (χ2n) is 6.89. The molecule has 1 spiro atoms. The minimum absolute atomic E-state index is 0.361. The van der Waals surface area contributed by atoms with Gasteiger partial charge in [0, 0.05) is 19.5 Å². The van der Waals surface area contributed by atoms with Gasteiger partial charge in [-0.05, 0) is 62.9 Å². The SMILES string of the molecule is O=C(CC1CCC2(CCNCC2)CC1)N1CCOCC1. The fourth-order valence-corrected chi connectivity index (χ4v) is 4.14. The summed E-state index contributed by atoms with van der Waals surface area (Å²) in [6.45, 7) is 5.40. The molecule has 0 unspecified atom stereocenters. The fourth-order valence-electron chi connectivity index (χ4n) is 4.14. The number of morpholine rings is 1. The van der Waals surface area contributed by atoms with Crippen molar-refractivity contribution in [3.8, 4) is 0 Å². The highest BCUT2D eigenvalue weighted by Gasteiger charge is 2.36. The second-order valence-corrected chi connectivity index (χ2v) is 6.89. The smallest absolute Gasteiger partial charge is 0.223 e. The fraction of sp³-hybridized carbons (Fsp3) is 0.938. The maximum Gasteiger partial charge on any atom is 0.223 e. The Morgan fingerprint density at radius 2 is 1.75 bits per heavy atom. The molecular formula is C16H28N2O2. The molecule has 2 saturated heterocycles. The van der Waals surface area contributed by atoms with Crippen LogP contribution in [0.1, 0.15) is 44.9 Å². The van der Waals surface area contributed by atoms with Crippen molar-refractivity contribution < 1.29 is 9.53 Å². The number of rotatable bonds is 2. The van der Waals surface area contributed by atoms with E-state index in [9.17, 15) is 4.79 Å². The molecule has 0 aromatic rings. The zero-order valence-electron chi connectivity index (χ0n) is 12.5. The maximum atomic E-state index is 12.3. The highest BCUT2D eigenvalue weighted by molar-refractivity contribution is 5.76. The highest BCUT2D eigenvalue weighted by Crippen LogP contribution is 2.45. The predicted octanol–water partition coefficient (Wildman–Crippen LogP) is 1.80. The van der Waals surface area contributed by atoms with Crippen LogP contribution < -0.4 is 5.32 Å². The van der Waals surface area contributed by atoms with Gasteiger partial charge < -0.3 is 15.0 Å². The molecule has 0 aromatic carbocycles. The highest BCUT2D eigenvalue weighted by atomic mass is 16.5. The summed E-state index contributed by atoms with van der Waals surface area (Å²) in [5.74, 6) is 0.991. The van der Waals surface area contributed by atoms with E-state index in [2.05, 4.69) is 5.32 Å². The van der Waals surface area contributed by atoms with Gasteiger partial charge in [-0.3, -0.25) is 4.79 Å². The lowest BCUT2D eigenvalue weighted by molar-refractivity contribution is -0.136. The molecule has 20 heavy (non-hydrogen) atoms. The predicted molar refractivity (Wildman–Crippen MR) is 78.5 cm³/mol. The number of amides is 1. The number of piperidine rings is 1. The van der Waals surface area contributed by atoms with Crippen LogP contribution in [0.5, 0.6) is 0 Å². The summed E-state index contributed by atoms with van der Waals surface area (Å²) in [5, 5.41) is 3.47. The van der Waals surface area contributed by atoms with Gasteiger partial charge >= 0.3 is 0 Å². The lowest BCUT2D eigenvalue weighted by Gasteiger charge is -2.43. The van der Waals surface area contributed by atoms with Crippen LogP contribution in [0.15, 0.2) is 0 Å². The first kappa shape index (κ1) is 14.3. The van der Waals surface area contributed by atoms with Crippen molar-refractivity contribution in [3.05, 3.63) is 0 Å². The average molecular weight is 280 g/mol. The summed E-state index contributed by atoms with van der Waals surface area (Å²) < 4.78 is 5.32. The molecule has 3 aliphatic rings. The number of hydrogen-bond acceptors (Lipinski definition) is 3. The third-order valence-corrected chi connectivity index (χ3v) is 5.66. The Hall–Kier alpha value is -0.610. The van der Waals surface area contributed by atoms with Crippen molar-refractivity contribution in [2.75, 3.05) is 39.4 Å². The molecule has 4 heteroatoms. The molecule has 1 N–H and O–H groups in total. The van der Waals surface area contributed by atoms with Crippen molar-refractivity contribution in [1.29, 1.82) is 0 Å². The van der Waals surface area contributed by atoms with E-state index in [1.807, 2.05) is 4.90 Å². The number of hydrogen-bond donors (Lipinski definition) is 1. The van der Waals surface area contributed by atoms with Gasteiger partial charge in [0.1, 0.15) is 0 Å². The minimum Gasteiger partial charge on any atom is -0.378 e. The van der Waals surface area contributed by atoms with E-state index in [-0.39, 0.29) is 0 Å². The normalized spacial score (nSPS) is 27.7. The van der Waals surface area contributed by atoms with Crippen LogP contribution in [0.2, 0.25) is 0 Å². The maximum absolute atomic E-state index is 12.3. The van der Waals surface area contributed by atoms with Crippen LogP contribution in [0.3, 0.4) is 0 Å². The Morgan fingerprint density at radius 3 is 2.40 bits per heavy atom. The minimum atomic E-state index is 0.361. The second kappa shape index (κ2) is 6.44. The monoisotopic (exact) mass is 280 g/mol. The molecule has 2 aliphatic heterocycles. The largest absolute Gasteiger partial charge is 0.378 e. The van der Waals surface area contributed by atoms with Crippen LogP contribution in [0.25, 0.3) is 0 Å². The molecule has 2 heterocycles. The summed E-state index contributed by atoms with van der Waals surface area (Å²) in [6.07, 6.45) is 8.67. The molecule has 0 radical (unpaired) electrons. The van der Waals surface area contributed by atoms with E-state index < -0.39 is 0 Å². The first-order chi connectivity index (χ1) is 9.77. The molecule has 3 fully saturated rings. The average Bonchev–Trinajstić information content (AvgIpc) is 2.52. The first-order valence-electron chi connectivity index (χ1n) is 8.34. The number of carbonyl (C=O) groups excluding carboxylic acids is 1. The van der Waals surface area contributed by atoms with Gasteiger partial charge in [0.05, 0.1) is 13.2 Å². The van der Waals surface area contributed by atoms with Crippen LogP contribution in [-0.4, -0.2) is 50.2 Å². The zero-order chi connectivity index (χ0) is 13.8. The molecule has 1 amide bonds. The number of carbonyl (C=O) groups is 1. The van der Waals surface area contributed by atoms with Gasteiger partial charge in [0.2, 0.25) is 5.91 Å². The molecule has 0 atom stereocenters. The van der Waals surface area contributed by atoms with E-state index in [0.29, 0.717) is 30.5 Å². The third kappa shape index (κ3) is 3.34. The summed E-state index contributed by atoms with van der Waals surface area (Å²) >= 11 is 0. The molecule has 114 valence electrons. The van der Waals surface area contributed by atoms with E-state index in [0.717, 1.165) is 19.5 Å². The molecule has 1 saturated carbocycles. The Morgan fingerprint density at radius 1 is 1.10 bits per heavy atom. The topological polar surface area (TPSA) is 41.6 Å². The molecule has 4 nitrogen and oxygen atoms in total. The quantitative estimate of drug-likeness (QED) is 0.838. The van der Waals surface area contributed by atoms with Crippen molar-refractivity contribution in [2.45, 2.75) is 44.9 Å². The Labute approximate surface area is 122 Å². The Kier molecular flexibility index (Phi) is 4.61. The number of nitrogens with one attached hydrogen (secondary N) is 1. The van der Waals surface area contributed by atoms with Gasteiger partial charge in [0.15, 0.2) is 0 Å². The summed E-state index contributed by atoms with van der Waals surface area (Å²) in [6, 6.07) is 0. The van der Waals surface area contributed by atoms with E-state index in [4.69, 9.17) is 4.74 Å². The van der Waals surface area contributed by atoms with Crippen LogP contribution in [0, 0.1) is 11.3 Å². The Balaban J connectivity index is 1.44. The van der Waals surface area contributed by atoms with Crippen molar-refractivity contribution in [1.82, 2.24) is 10.2 Å². The van der Waals surface area contributed by atoms with E-state index in [1.54, 1.807) is 0 Å². The van der Waals surface area contributed by atoms with Crippen LogP contribution in [0.4, 0.5) is 0 Å². The lowest BCUT2D eigenvalue weighted by atomic mass is 9.65. The summed E-state index contributed by atoms with van der Waals surface area (Å²) in [5.41, 5.74) is 0.615. The van der Waals surface area contributed by atoms with Gasteiger partial charge in [-0.15, -0.1) is 0 Å². The van der Waals surface area contributed by atoms with Crippen LogP contribution >= 0.6 is 0 Å². The summed E-state index contributed by atoms with van der Waals surface area (Å²) in [4.78, 5) is 14.3. The van der Waals surface area contributed by atoms with Gasteiger partial charge in [-0.1, -0.05) is 0 Å². The molecule has 1 aliphatic carbocycles. The van der Waals surface area contributed by atoms with E-state index >= 15 is 0 Å².